The van der Waals surface area contributed by atoms with Crippen LogP contribution in [-0.2, 0) is 4.79 Å². The molecule has 6 heteroatoms. The summed E-state index contributed by atoms with van der Waals surface area (Å²) >= 11 is 7.44. The smallest absolute Gasteiger partial charge is 0.250 e. The van der Waals surface area contributed by atoms with E-state index in [2.05, 4.69) is 10.3 Å². The molecule has 0 aliphatic carbocycles. The molecule has 0 saturated carbocycles. The van der Waals surface area contributed by atoms with E-state index in [-0.39, 0.29) is 5.91 Å². The zero-order valence-electron chi connectivity index (χ0n) is 14.1. The molecule has 0 aliphatic heterocycles. The Morgan fingerprint density at radius 3 is 2.81 bits per heavy atom. The molecule has 0 fully saturated rings. The number of para-hydroxylation sites is 1. The lowest BCUT2D eigenvalue weighted by molar-refractivity contribution is -0.111. The van der Waals surface area contributed by atoms with E-state index in [1.54, 1.807) is 12.1 Å². The van der Waals surface area contributed by atoms with Gasteiger partial charge in [-0.1, -0.05) is 41.9 Å². The fourth-order valence-corrected chi connectivity index (χ4v) is 3.25. The normalized spacial score (nSPS) is 10.8. The number of hydrogen-bond acceptors (Lipinski definition) is 4. The first-order chi connectivity index (χ1) is 12.7. The zero-order chi connectivity index (χ0) is 18.4. The second-order valence-corrected chi connectivity index (χ2v) is 6.58. The number of thiazole rings is 1. The highest BCUT2D eigenvalue weighted by molar-refractivity contribution is 7.14. The van der Waals surface area contributed by atoms with Crippen LogP contribution in [0, 0.1) is 0 Å². The molecule has 1 heterocycles. The number of amides is 1. The van der Waals surface area contributed by atoms with Gasteiger partial charge in [0.2, 0.25) is 5.91 Å². The highest BCUT2D eigenvalue weighted by Crippen LogP contribution is 2.32. The Bertz CT molecular complexity index is 937. The molecule has 0 radical (unpaired) electrons. The predicted molar refractivity (Wildman–Crippen MR) is 108 cm³/mol. The third-order valence-corrected chi connectivity index (χ3v) is 4.62. The molecule has 1 N–H and O–H groups in total. The van der Waals surface area contributed by atoms with Crippen molar-refractivity contribution in [1.29, 1.82) is 0 Å². The summed E-state index contributed by atoms with van der Waals surface area (Å²) in [6.45, 7) is 2.52. The number of benzene rings is 2. The lowest BCUT2D eigenvalue weighted by Gasteiger charge is -2.07. The highest BCUT2D eigenvalue weighted by atomic mass is 35.5. The van der Waals surface area contributed by atoms with Crippen molar-refractivity contribution >= 4 is 40.1 Å². The second kappa shape index (κ2) is 8.65. The molecule has 3 rings (SSSR count). The number of ether oxygens (including phenoxy) is 1. The molecule has 2 aromatic carbocycles. The molecular formula is C20H17ClN2O2S. The van der Waals surface area contributed by atoms with E-state index in [0.717, 1.165) is 22.6 Å². The topological polar surface area (TPSA) is 51.2 Å². The van der Waals surface area contributed by atoms with Crippen molar-refractivity contribution in [3.8, 4) is 17.0 Å². The fraction of sp³-hybridized carbons (Fsp3) is 0.100. The van der Waals surface area contributed by atoms with Crippen molar-refractivity contribution in [2.45, 2.75) is 6.92 Å². The molecule has 4 nitrogen and oxygen atoms in total. The zero-order valence-corrected chi connectivity index (χ0v) is 15.7. The van der Waals surface area contributed by atoms with Gasteiger partial charge in [0, 0.05) is 22.0 Å². The molecular weight excluding hydrogens is 368 g/mol. The molecule has 26 heavy (non-hydrogen) atoms. The average Bonchev–Trinajstić information content (AvgIpc) is 3.10. The number of hydrogen-bond donors (Lipinski definition) is 1. The second-order valence-electron chi connectivity index (χ2n) is 5.31. The van der Waals surface area contributed by atoms with Crippen LogP contribution < -0.4 is 10.1 Å². The van der Waals surface area contributed by atoms with Gasteiger partial charge in [0.05, 0.1) is 12.3 Å². The van der Waals surface area contributed by atoms with Crippen molar-refractivity contribution < 1.29 is 9.53 Å². The van der Waals surface area contributed by atoms with Gasteiger partial charge >= 0.3 is 0 Å². The summed E-state index contributed by atoms with van der Waals surface area (Å²) in [5, 5.41) is 5.79. The third-order valence-electron chi connectivity index (χ3n) is 3.52. The summed E-state index contributed by atoms with van der Waals surface area (Å²) < 4.78 is 5.63. The number of nitrogens with zero attached hydrogens (tertiary/aromatic N) is 1. The third kappa shape index (κ3) is 4.50. The van der Waals surface area contributed by atoms with Gasteiger partial charge in [0.25, 0.3) is 0 Å². The van der Waals surface area contributed by atoms with E-state index in [0.29, 0.717) is 16.8 Å². The Morgan fingerprint density at radius 1 is 1.23 bits per heavy atom. The summed E-state index contributed by atoms with van der Waals surface area (Å²) in [7, 11) is 0. The minimum Gasteiger partial charge on any atom is -0.493 e. The monoisotopic (exact) mass is 384 g/mol. The Hall–Kier alpha value is -2.63. The Labute approximate surface area is 161 Å². The first-order valence-corrected chi connectivity index (χ1v) is 9.34. The molecule has 1 amide bonds. The van der Waals surface area contributed by atoms with Crippen LogP contribution in [0.4, 0.5) is 5.13 Å². The van der Waals surface area contributed by atoms with Gasteiger partial charge in [-0.05, 0) is 36.8 Å². The molecule has 0 aliphatic rings. The minimum absolute atomic E-state index is 0.260. The van der Waals surface area contributed by atoms with Gasteiger partial charge in [-0.25, -0.2) is 4.98 Å². The number of carbonyl (C=O) groups is 1. The average molecular weight is 385 g/mol. The molecule has 0 atom stereocenters. The van der Waals surface area contributed by atoms with Crippen LogP contribution in [-0.4, -0.2) is 17.5 Å². The fourth-order valence-electron chi connectivity index (χ4n) is 2.34. The summed E-state index contributed by atoms with van der Waals surface area (Å²) in [5.41, 5.74) is 2.46. The number of nitrogens with one attached hydrogen (secondary N) is 1. The standard InChI is InChI=1S/C20H17ClN2O2S/c1-2-25-18-10-6-4-8-15(18)17-13-26-20(22-17)23-19(24)12-11-14-7-3-5-9-16(14)21/h3-13H,2H2,1H3,(H,22,23,24). The van der Waals surface area contributed by atoms with Crippen LogP contribution in [0.5, 0.6) is 5.75 Å². The van der Waals surface area contributed by atoms with E-state index in [4.69, 9.17) is 16.3 Å². The van der Waals surface area contributed by atoms with Crippen molar-refractivity contribution in [2.24, 2.45) is 0 Å². The summed E-state index contributed by atoms with van der Waals surface area (Å²) in [6.07, 6.45) is 3.12. The highest BCUT2D eigenvalue weighted by Gasteiger charge is 2.10. The Morgan fingerprint density at radius 2 is 2.00 bits per heavy atom. The molecule has 0 bridgehead atoms. The molecule has 132 valence electrons. The van der Waals surface area contributed by atoms with Crippen molar-refractivity contribution in [2.75, 3.05) is 11.9 Å². The van der Waals surface area contributed by atoms with Crippen LogP contribution in [0.15, 0.2) is 60.0 Å². The minimum atomic E-state index is -0.260. The predicted octanol–water partition coefficient (Wildman–Crippen LogP) is 5.51. The quantitative estimate of drug-likeness (QED) is 0.570. The van der Waals surface area contributed by atoms with Gasteiger partial charge in [-0.15, -0.1) is 11.3 Å². The lowest BCUT2D eigenvalue weighted by atomic mass is 10.1. The van der Waals surface area contributed by atoms with Crippen LogP contribution in [0.25, 0.3) is 17.3 Å². The summed E-state index contributed by atoms with van der Waals surface area (Å²) in [5.74, 6) is 0.515. The molecule has 0 spiro atoms. The number of carbonyl (C=O) groups excluding carboxylic acids is 1. The lowest BCUT2D eigenvalue weighted by Crippen LogP contribution is -2.07. The van der Waals surface area contributed by atoms with Crippen molar-refractivity contribution in [1.82, 2.24) is 4.98 Å². The van der Waals surface area contributed by atoms with Gasteiger partial charge in [-0.3, -0.25) is 10.1 Å². The number of aromatic nitrogens is 1. The molecule has 0 saturated heterocycles. The van der Waals surface area contributed by atoms with Crippen LogP contribution in [0.1, 0.15) is 12.5 Å². The largest absolute Gasteiger partial charge is 0.493 e. The van der Waals surface area contributed by atoms with Crippen molar-refractivity contribution in [3.63, 3.8) is 0 Å². The van der Waals surface area contributed by atoms with Crippen LogP contribution in [0.2, 0.25) is 5.02 Å². The van der Waals surface area contributed by atoms with Gasteiger partial charge < -0.3 is 4.74 Å². The summed E-state index contributed by atoms with van der Waals surface area (Å²) in [4.78, 5) is 16.6. The maximum atomic E-state index is 12.1. The Balaban J connectivity index is 1.71. The molecule has 0 unspecified atom stereocenters. The van der Waals surface area contributed by atoms with E-state index in [9.17, 15) is 4.79 Å². The number of anilines is 1. The number of rotatable bonds is 6. The summed E-state index contributed by atoms with van der Waals surface area (Å²) in [6, 6.07) is 15.0. The van der Waals surface area contributed by atoms with Gasteiger partial charge in [-0.2, -0.15) is 0 Å². The number of halogens is 1. The van der Waals surface area contributed by atoms with E-state index < -0.39 is 0 Å². The molecule has 3 aromatic rings. The maximum absolute atomic E-state index is 12.1. The maximum Gasteiger partial charge on any atom is 0.250 e. The first-order valence-electron chi connectivity index (χ1n) is 8.08. The van der Waals surface area contributed by atoms with E-state index in [1.807, 2.05) is 54.8 Å². The van der Waals surface area contributed by atoms with Gasteiger partial charge in [0.15, 0.2) is 5.13 Å². The SMILES string of the molecule is CCOc1ccccc1-c1csc(NC(=O)C=Cc2ccccc2Cl)n1. The van der Waals surface area contributed by atoms with Crippen LogP contribution in [0.3, 0.4) is 0 Å². The van der Waals surface area contributed by atoms with E-state index in [1.165, 1.54) is 17.4 Å². The Kier molecular flexibility index (Phi) is 6.04. The first kappa shape index (κ1) is 18.2. The van der Waals surface area contributed by atoms with Crippen molar-refractivity contribution in [3.05, 3.63) is 70.6 Å². The molecule has 1 aromatic heterocycles. The van der Waals surface area contributed by atoms with E-state index >= 15 is 0 Å². The van der Waals surface area contributed by atoms with Gasteiger partial charge in [0.1, 0.15) is 5.75 Å². The van der Waals surface area contributed by atoms with Crippen LogP contribution >= 0.6 is 22.9 Å².